The van der Waals surface area contributed by atoms with Gasteiger partial charge in [-0.3, -0.25) is 9.78 Å². The van der Waals surface area contributed by atoms with E-state index in [1.54, 1.807) is 38.1 Å². The molecule has 2 atom stereocenters. The van der Waals surface area contributed by atoms with E-state index in [1.807, 2.05) is 0 Å². The number of hydrogen-bond acceptors (Lipinski definition) is 7. The predicted molar refractivity (Wildman–Crippen MR) is 121 cm³/mol. The highest BCUT2D eigenvalue weighted by atomic mass is 16.6. The molecule has 34 heavy (non-hydrogen) atoms. The summed E-state index contributed by atoms with van der Waals surface area (Å²) in [5.41, 5.74) is 1.98. The van der Waals surface area contributed by atoms with E-state index >= 15 is 0 Å². The molecule has 174 valence electrons. The summed E-state index contributed by atoms with van der Waals surface area (Å²) < 4.78 is 10.4. The summed E-state index contributed by atoms with van der Waals surface area (Å²) >= 11 is 0. The smallest absolute Gasteiger partial charge is 0.349 e. The molecule has 1 aromatic heterocycles. The number of carbonyl (C=O) groups is 4. The van der Waals surface area contributed by atoms with Gasteiger partial charge in [-0.05, 0) is 50.2 Å². The third-order valence-corrected chi connectivity index (χ3v) is 4.70. The fraction of sp³-hybridized carbons (Fsp3) is 0.160. The Labute approximate surface area is 195 Å². The van der Waals surface area contributed by atoms with Crippen LogP contribution in [-0.2, 0) is 19.1 Å². The maximum absolute atomic E-state index is 13.0. The molecule has 0 spiro atoms. The number of benzene rings is 2. The second-order valence-corrected chi connectivity index (χ2v) is 7.45. The highest BCUT2D eigenvalue weighted by molar-refractivity contribution is 6.01. The summed E-state index contributed by atoms with van der Waals surface area (Å²) in [7, 11) is 0. The van der Waals surface area contributed by atoms with Crippen molar-refractivity contribution in [2.24, 2.45) is 0 Å². The molecule has 0 aliphatic heterocycles. The van der Waals surface area contributed by atoms with E-state index in [4.69, 9.17) is 9.47 Å². The van der Waals surface area contributed by atoms with Crippen LogP contribution >= 0.6 is 0 Å². The largest absolute Gasteiger partial charge is 0.478 e. The van der Waals surface area contributed by atoms with Gasteiger partial charge in [0.1, 0.15) is 0 Å². The van der Waals surface area contributed by atoms with E-state index in [0.717, 1.165) is 11.1 Å². The third kappa shape index (κ3) is 6.26. The number of aliphatic carboxylic acids is 1. The first-order chi connectivity index (χ1) is 16.2. The zero-order chi connectivity index (χ0) is 24.7. The van der Waals surface area contributed by atoms with Gasteiger partial charge < -0.3 is 19.9 Å². The molecule has 0 saturated heterocycles. The van der Waals surface area contributed by atoms with Gasteiger partial charge in [0.15, 0.2) is 0 Å². The van der Waals surface area contributed by atoms with Gasteiger partial charge in [-0.25, -0.2) is 14.4 Å². The molecule has 3 rings (SSSR count). The van der Waals surface area contributed by atoms with Gasteiger partial charge in [0, 0.05) is 18.1 Å². The first-order valence-corrected chi connectivity index (χ1v) is 10.2. The Hall–Kier alpha value is -4.53. The molecule has 2 N–H and O–H groups in total. The number of nitrogens with one attached hydrogen (secondary N) is 1. The summed E-state index contributed by atoms with van der Waals surface area (Å²) in [6, 6.07) is 15.6. The highest BCUT2D eigenvalue weighted by Gasteiger charge is 2.41. The number of esters is 2. The van der Waals surface area contributed by atoms with Crippen molar-refractivity contribution in [1.29, 1.82) is 0 Å². The number of ether oxygens (including phenoxy) is 2. The van der Waals surface area contributed by atoms with E-state index in [9.17, 15) is 24.3 Å². The Balaban J connectivity index is 1.91. The van der Waals surface area contributed by atoms with Crippen LogP contribution in [0.3, 0.4) is 0 Å². The number of pyridine rings is 1. The van der Waals surface area contributed by atoms with Crippen molar-refractivity contribution in [2.75, 3.05) is 5.32 Å². The van der Waals surface area contributed by atoms with Crippen molar-refractivity contribution in [1.82, 2.24) is 4.98 Å². The quantitative estimate of drug-likeness (QED) is 0.488. The van der Waals surface area contributed by atoms with Gasteiger partial charge in [-0.1, -0.05) is 35.4 Å². The normalized spacial score (nSPS) is 12.2. The van der Waals surface area contributed by atoms with Crippen LogP contribution in [0.15, 0.2) is 73.1 Å². The number of hydrogen-bond donors (Lipinski definition) is 2. The van der Waals surface area contributed by atoms with Crippen molar-refractivity contribution in [2.45, 2.75) is 26.1 Å². The van der Waals surface area contributed by atoms with Crippen LogP contribution in [0, 0.1) is 13.8 Å². The number of carbonyl (C=O) groups excluding carboxylic acids is 3. The van der Waals surface area contributed by atoms with E-state index in [2.05, 4.69) is 10.3 Å². The van der Waals surface area contributed by atoms with Gasteiger partial charge in [-0.15, -0.1) is 0 Å². The van der Waals surface area contributed by atoms with Crippen molar-refractivity contribution in [3.05, 3.63) is 95.3 Å². The molecule has 0 saturated carbocycles. The first kappa shape index (κ1) is 24.1. The van der Waals surface area contributed by atoms with Crippen molar-refractivity contribution >= 4 is 29.5 Å². The monoisotopic (exact) mass is 462 g/mol. The number of aromatic nitrogens is 1. The van der Waals surface area contributed by atoms with Crippen LogP contribution in [0.25, 0.3) is 0 Å². The number of rotatable bonds is 8. The number of nitrogens with zero attached hydrogens (tertiary/aromatic N) is 1. The van der Waals surface area contributed by atoms with Crippen molar-refractivity contribution in [3.8, 4) is 0 Å². The second-order valence-electron chi connectivity index (χ2n) is 7.45. The van der Waals surface area contributed by atoms with Crippen LogP contribution in [0.4, 0.5) is 5.69 Å². The number of anilines is 1. The topological polar surface area (TPSA) is 132 Å². The standard InChI is InChI=1S/C25H22N2O7/c1-15-5-3-7-17(13-15)24(31)33-20(22(28)27-19-9-11-26-12-10-19)21(23(29)30)34-25(32)18-8-4-6-16(2)14-18/h3-14,20-21H,1-2H3,(H,29,30)(H,26,27,28)/t20-,21-/m1/s1. The molecule has 1 heterocycles. The molecule has 0 aliphatic rings. The fourth-order valence-corrected chi connectivity index (χ4v) is 3.05. The fourth-order valence-electron chi connectivity index (χ4n) is 3.05. The molecule has 1 amide bonds. The van der Waals surface area contributed by atoms with Crippen LogP contribution in [0.2, 0.25) is 0 Å². The summed E-state index contributed by atoms with van der Waals surface area (Å²) in [6.07, 6.45) is -1.26. The van der Waals surface area contributed by atoms with Crippen LogP contribution in [-0.4, -0.2) is 46.1 Å². The number of amides is 1. The molecule has 2 aromatic carbocycles. The van der Waals surface area contributed by atoms with E-state index in [1.165, 1.54) is 48.8 Å². The minimum atomic E-state index is -2.11. The lowest BCUT2D eigenvalue weighted by Crippen LogP contribution is -2.48. The average molecular weight is 462 g/mol. The zero-order valence-corrected chi connectivity index (χ0v) is 18.4. The summed E-state index contributed by atoms with van der Waals surface area (Å²) in [4.78, 5) is 54.3. The highest BCUT2D eigenvalue weighted by Crippen LogP contribution is 2.16. The second kappa shape index (κ2) is 10.9. The van der Waals surface area contributed by atoms with E-state index in [-0.39, 0.29) is 16.8 Å². The Bertz CT molecular complexity index is 1210. The van der Waals surface area contributed by atoms with Crippen molar-refractivity contribution < 1.29 is 33.8 Å². The number of aryl methyl sites for hydroxylation is 2. The molecule has 9 heteroatoms. The summed E-state index contributed by atoms with van der Waals surface area (Å²) in [6.45, 7) is 3.51. The maximum atomic E-state index is 13.0. The summed E-state index contributed by atoms with van der Waals surface area (Å²) in [5, 5.41) is 12.2. The Morgan fingerprint density at radius 2 is 1.29 bits per heavy atom. The molecule has 0 aliphatic carbocycles. The Kier molecular flexibility index (Phi) is 7.71. The summed E-state index contributed by atoms with van der Waals surface area (Å²) in [5.74, 6) is -4.58. The lowest BCUT2D eigenvalue weighted by atomic mass is 10.1. The molecule has 9 nitrogen and oxygen atoms in total. The van der Waals surface area contributed by atoms with Gasteiger partial charge >= 0.3 is 17.9 Å². The Morgan fingerprint density at radius 3 is 1.76 bits per heavy atom. The lowest BCUT2D eigenvalue weighted by molar-refractivity contribution is -0.157. The SMILES string of the molecule is Cc1cccc(C(=O)O[C@@H](C(=O)O)[C@@H](OC(=O)c2cccc(C)c2)C(=O)Nc2ccncc2)c1. The molecular weight excluding hydrogens is 440 g/mol. The van der Waals surface area contributed by atoms with Gasteiger partial charge in [0.25, 0.3) is 5.91 Å². The zero-order valence-electron chi connectivity index (χ0n) is 18.4. The van der Waals surface area contributed by atoms with Crippen LogP contribution in [0.1, 0.15) is 31.8 Å². The van der Waals surface area contributed by atoms with Crippen LogP contribution < -0.4 is 5.32 Å². The maximum Gasteiger partial charge on any atom is 0.349 e. The van der Waals surface area contributed by atoms with Gasteiger partial charge in [0.05, 0.1) is 11.1 Å². The lowest BCUT2D eigenvalue weighted by Gasteiger charge is -2.23. The van der Waals surface area contributed by atoms with Crippen molar-refractivity contribution in [3.63, 3.8) is 0 Å². The first-order valence-electron chi connectivity index (χ1n) is 10.2. The third-order valence-electron chi connectivity index (χ3n) is 4.70. The Morgan fingerprint density at radius 1 is 0.794 bits per heavy atom. The molecule has 0 fully saturated rings. The molecule has 3 aromatic rings. The minimum Gasteiger partial charge on any atom is -0.478 e. The molecule has 0 unspecified atom stereocenters. The predicted octanol–water partition coefficient (Wildman–Crippen LogP) is 3.17. The van der Waals surface area contributed by atoms with Gasteiger partial charge in [-0.2, -0.15) is 0 Å². The van der Waals surface area contributed by atoms with Gasteiger partial charge in [0.2, 0.25) is 12.2 Å². The number of carboxylic acid groups (broad SMARTS) is 1. The minimum absolute atomic E-state index is 0.0875. The average Bonchev–Trinajstić information content (AvgIpc) is 2.81. The van der Waals surface area contributed by atoms with E-state index < -0.39 is 36.0 Å². The molecule has 0 radical (unpaired) electrons. The molecular formula is C25H22N2O7. The van der Waals surface area contributed by atoms with Crippen LogP contribution in [0.5, 0.6) is 0 Å². The molecule has 0 bridgehead atoms. The van der Waals surface area contributed by atoms with E-state index in [0.29, 0.717) is 0 Å². The number of carboxylic acids is 1.